The van der Waals surface area contributed by atoms with E-state index in [2.05, 4.69) is 6.92 Å². The normalized spacial score (nSPS) is 24.1. The van der Waals surface area contributed by atoms with E-state index >= 15 is 0 Å². The number of carbonyl (C=O) groups excluding carboxylic acids is 1. The Balaban J connectivity index is 1.45. The molecule has 0 aromatic heterocycles. The number of aliphatic hydroxyl groups excluding tert-OH is 4. The highest BCUT2D eigenvalue weighted by atomic mass is 16.5. The van der Waals surface area contributed by atoms with Crippen molar-refractivity contribution in [3.63, 3.8) is 0 Å². The number of aliphatic hydroxyl groups is 4. The Morgan fingerprint density at radius 3 is 1.77 bits per heavy atom. The molecule has 0 aromatic rings. The molecule has 40 heavy (non-hydrogen) atoms. The third-order valence-corrected chi connectivity index (χ3v) is 8.61. The van der Waals surface area contributed by atoms with Crippen molar-refractivity contribution in [3.8, 4) is 0 Å². The molecule has 0 radical (unpaired) electrons. The molecule has 0 aliphatic carbocycles. The number of carbonyl (C=O) groups is 1. The van der Waals surface area contributed by atoms with Crippen molar-refractivity contribution in [1.82, 2.24) is 0 Å². The quantitative estimate of drug-likeness (QED) is 0.0800. The van der Waals surface area contributed by atoms with Crippen LogP contribution in [0.3, 0.4) is 0 Å². The van der Waals surface area contributed by atoms with Crippen LogP contribution in [0.15, 0.2) is 11.6 Å². The molecule has 7 nitrogen and oxygen atoms in total. The van der Waals surface area contributed by atoms with E-state index in [1.165, 1.54) is 51.4 Å². The largest absolute Gasteiger partial charge is 0.455 e. The maximum Gasteiger partial charge on any atom is 0.334 e. The Morgan fingerprint density at radius 1 is 0.700 bits per heavy atom. The van der Waals surface area contributed by atoms with Crippen LogP contribution in [0.2, 0.25) is 0 Å². The minimum atomic E-state index is -0.612. The van der Waals surface area contributed by atoms with Gasteiger partial charge in [0.2, 0.25) is 0 Å². The first-order valence-corrected chi connectivity index (χ1v) is 16.6. The average Bonchev–Trinajstić information content (AvgIpc) is 3.54. The van der Waals surface area contributed by atoms with Gasteiger partial charge < -0.3 is 29.9 Å². The van der Waals surface area contributed by atoms with Crippen LogP contribution in [0.4, 0.5) is 0 Å². The minimum Gasteiger partial charge on any atom is -0.455 e. The van der Waals surface area contributed by atoms with Crippen LogP contribution in [0.5, 0.6) is 0 Å². The van der Waals surface area contributed by atoms with Crippen LogP contribution in [0.25, 0.3) is 0 Å². The minimum absolute atomic E-state index is 0.183. The number of ether oxygens (including phenoxy) is 2. The smallest absolute Gasteiger partial charge is 0.334 e. The van der Waals surface area contributed by atoms with Crippen molar-refractivity contribution in [2.75, 3.05) is 0 Å². The highest BCUT2D eigenvalue weighted by molar-refractivity contribution is 5.90. The Labute approximate surface area is 243 Å². The number of esters is 1. The lowest BCUT2D eigenvalue weighted by Crippen LogP contribution is -2.31. The maximum absolute atomic E-state index is 11.6. The average molecular weight is 569 g/mol. The SMILES string of the molecule is CCCCCCCCCCCC[C@H](O)[C@H]1CC[C@H]([C@H](O)CC[C@H](O)CCCCC[C@@H](O)CC2=CC(C)OC2=O)O1. The van der Waals surface area contributed by atoms with Crippen LogP contribution < -0.4 is 0 Å². The highest BCUT2D eigenvalue weighted by Gasteiger charge is 2.34. The first kappa shape index (κ1) is 35.2. The summed E-state index contributed by atoms with van der Waals surface area (Å²) in [6, 6.07) is 0. The summed E-state index contributed by atoms with van der Waals surface area (Å²) in [6.45, 7) is 4.06. The van der Waals surface area contributed by atoms with Gasteiger partial charge in [-0.15, -0.1) is 0 Å². The fraction of sp³-hybridized carbons (Fsp3) is 0.909. The van der Waals surface area contributed by atoms with Gasteiger partial charge in [-0.3, -0.25) is 0 Å². The molecule has 0 bridgehead atoms. The van der Waals surface area contributed by atoms with Crippen LogP contribution >= 0.6 is 0 Å². The van der Waals surface area contributed by atoms with Crippen LogP contribution in [0, 0.1) is 0 Å². The lowest BCUT2D eigenvalue weighted by atomic mass is 9.98. The van der Waals surface area contributed by atoms with E-state index in [-0.39, 0.29) is 24.3 Å². The second-order valence-electron chi connectivity index (χ2n) is 12.4. The molecule has 7 heteroatoms. The van der Waals surface area contributed by atoms with E-state index in [4.69, 9.17) is 9.47 Å². The van der Waals surface area contributed by atoms with Gasteiger partial charge in [0.1, 0.15) is 6.10 Å². The number of unbranched alkanes of at least 4 members (excludes halogenated alkanes) is 11. The zero-order valence-corrected chi connectivity index (χ0v) is 25.5. The monoisotopic (exact) mass is 568 g/mol. The molecule has 0 saturated carbocycles. The molecule has 0 amide bonds. The van der Waals surface area contributed by atoms with Gasteiger partial charge >= 0.3 is 5.97 Å². The van der Waals surface area contributed by atoms with E-state index in [1.54, 1.807) is 6.08 Å². The van der Waals surface area contributed by atoms with Crippen molar-refractivity contribution < 1.29 is 34.7 Å². The Hall–Kier alpha value is -0.990. The third kappa shape index (κ3) is 14.8. The molecule has 7 atom stereocenters. The highest BCUT2D eigenvalue weighted by Crippen LogP contribution is 2.28. The van der Waals surface area contributed by atoms with Gasteiger partial charge in [-0.2, -0.15) is 0 Å². The summed E-state index contributed by atoms with van der Waals surface area (Å²) < 4.78 is 11.1. The van der Waals surface area contributed by atoms with Gasteiger partial charge in [0.05, 0.1) is 36.6 Å². The number of hydrogen-bond donors (Lipinski definition) is 4. The van der Waals surface area contributed by atoms with Crippen LogP contribution in [-0.2, 0) is 14.3 Å². The third-order valence-electron chi connectivity index (χ3n) is 8.61. The van der Waals surface area contributed by atoms with E-state index in [0.29, 0.717) is 37.7 Å². The second kappa shape index (κ2) is 20.8. The van der Waals surface area contributed by atoms with Crippen molar-refractivity contribution in [3.05, 3.63) is 11.6 Å². The van der Waals surface area contributed by atoms with E-state index in [1.807, 2.05) is 6.92 Å². The molecule has 2 aliphatic rings. The first-order chi connectivity index (χ1) is 19.3. The predicted molar refractivity (Wildman–Crippen MR) is 159 cm³/mol. The number of cyclic esters (lactones) is 1. The predicted octanol–water partition coefficient (Wildman–Crippen LogP) is 6.28. The van der Waals surface area contributed by atoms with Gasteiger partial charge in [-0.25, -0.2) is 4.79 Å². The maximum atomic E-state index is 11.6. The molecule has 4 N–H and O–H groups in total. The zero-order chi connectivity index (χ0) is 29.2. The molecule has 1 unspecified atom stereocenters. The summed E-state index contributed by atoms with van der Waals surface area (Å²) in [5.74, 6) is -0.323. The summed E-state index contributed by atoms with van der Waals surface area (Å²) in [7, 11) is 0. The van der Waals surface area contributed by atoms with Gasteiger partial charge in [-0.05, 0) is 57.9 Å². The van der Waals surface area contributed by atoms with Crippen LogP contribution in [0.1, 0.15) is 149 Å². The Bertz CT molecular complexity index is 696. The number of rotatable bonds is 24. The summed E-state index contributed by atoms with van der Waals surface area (Å²) in [6.07, 6.45) is 19.4. The molecule has 0 aromatic carbocycles. The van der Waals surface area contributed by atoms with Crippen LogP contribution in [-0.4, -0.2) is 69.1 Å². The first-order valence-electron chi connectivity index (χ1n) is 16.6. The van der Waals surface area contributed by atoms with E-state index in [9.17, 15) is 25.2 Å². The summed E-state index contributed by atoms with van der Waals surface area (Å²) in [5, 5.41) is 41.7. The summed E-state index contributed by atoms with van der Waals surface area (Å²) in [5.41, 5.74) is 0.565. The fourth-order valence-corrected chi connectivity index (χ4v) is 6.05. The lowest BCUT2D eigenvalue weighted by Gasteiger charge is -2.23. The lowest BCUT2D eigenvalue weighted by molar-refractivity contribution is -0.139. The molecule has 2 heterocycles. The Kier molecular flexibility index (Phi) is 18.3. The van der Waals surface area contributed by atoms with Crippen molar-refractivity contribution in [2.24, 2.45) is 0 Å². The van der Waals surface area contributed by atoms with Gasteiger partial charge in [0, 0.05) is 12.0 Å². The molecule has 1 saturated heterocycles. The second-order valence-corrected chi connectivity index (χ2v) is 12.4. The van der Waals surface area contributed by atoms with Gasteiger partial charge in [-0.1, -0.05) is 90.4 Å². The molecular formula is C33H60O7. The molecule has 234 valence electrons. The van der Waals surface area contributed by atoms with E-state index < -0.39 is 24.4 Å². The van der Waals surface area contributed by atoms with E-state index in [0.717, 1.165) is 51.4 Å². The fourth-order valence-electron chi connectivity index (χ4n) is 6.05. The van der Waals surface area contributed by atoms with Gasteiger partial charge in [0.15, 0.2) is 0 Å². The molecule has 0 spiro atoms. The molecular weight excluding hydrogens is 508 g/mol. The molecule has 1 fully saturated rings. The van der Waals surface area contributed by atoms with Crippen molar-refractivity contribution in [2.45, 2.75) is 191 Å². The summed E-state index contributed by atoms with van der Waals surface area (Å²) >= 11 is 0. The molecule has 2 rings (SSSR count). The zero-order valence-electron chi connectivity index (χ0n) is 25.5. The Morgan fingerprint density at radius 2 is 1.20 bits per heavy atom. The topological polar surface area (TPSA) is 116 Å². The standard InChI is InChI=1S/C33H60O7/c1-3-4-5-6-7-8-9-10-11-15-18-29(36)31-21-22-32(40-31)30(37)20-19-27(34)16-13-12-14-17-28(35)24-26-23-25(2)39-33(26)38/h23,25,27-32,34-37H,3-22,24H2,1-2H3/t25?,27-,28-,29+,30-,31-,32-/m1/s1. The summed E-state index contributed by atoms with van der Waals surface area (Å²) in [4.78, 5) is 11.6. The van der Waals surface area contributed by atoms with Crippen molar-refractivity contribution in [1.29, 1.82) is 0 Å². The van der Waals surface area contributed by atoms with Crippen molar-refractivity contribution >= 4 is 5.97 Å². The molecule has 2 aliphatic heterocycles. The van der Waals surface area contributed by atoms with Gasteiger partial charge in [0.25, 0.3) is 0 Å². The number of hydrogen-bond acceptors (Lipinski definition) is 7.